The lowest BCUT2D eigenvalue weighted by Gasteiger charge is -2.37. The van der Waals surface area contributed by atoms with Crippen molar-refractivity contribution in [1.29, 1.82) is 0 Å². The summed E-state index contributed by atoms with van der Waals surface area (Å²) in [6.45, 7) is 15.0. The van der Waals surface area contributed by atoms with Crippen LogP contribution in [0.1, 0.15) is 68.0 Å². The fourth-order valence-electron chi connectivity index (χ4n) is 4.40. The maximum atomic E-state index is 12.4. The van der Waals surface area contributed by atoms with E-state index in [1.54, 1.807) is 0 Å². The maximum absolute atomic E-state index is 12.4. The molecule has 1 aliphatic heterocycles. The second-order valence-electron chi connectivity index (χ2n) is 10.5. The van der Waals surface area contributed by atoms with Gasteiger partial charge in [0.05, 0.1) is 11.3 Å². The molecule has 0 amide bonds. The highest BCUT2D eigenvalue weighted by molar-refractivity contribution is 5.90. The van der Waals surface area contributed by atoms with Crippen LogP contribution in [0.3, 0.4) is 0 Å². The number of nitrogens with zero attached hydrogens (tertiary/aromatic N) is 1. The van der Waals surface area contributed by atoms with Gasteiger partial charge in [-0.2, -0.15) is 0 Å². The van der Waals surface area contributed by atoms with Crippen LogP contribution in [0, 0.1) is 19.8 Å². The van der Waals surface area contributed by atoms with Gasteiger partial charge in [-0.05, 0) is 80.3 Å². The molecule has 2 aromatic carbocycles. The fourth-order valence-corrected chi connectivity index (χ4v) is 4.40. The van der Waals surface area contributed by atoms with Crippen LogP contribution in [0.4, 0.5) is 0 Å². The lowest BCUT2D eigenvalue weighted by molar-refractivity contribution is -0.157. The first-order chi connectivity index (χ1) is 14.9. The Morgan fingerprint density at radius 1 is 1.09 bits per heavy atom. The predicted molar refractivity (Wildman–Crippen MR) is 131 cm³/mol. The number of hydrogen-bond donors (Lipinski definition) is 1. The lowest BCUT2D eigenvalue weighted by Crippen LogP contribution is -2.41. The van der Waals surface area contributed by atoms with Gasteiger partial charge in [-0.15, -0.1) is 0 Å². The van der Waals surface area contributed by atoms with Crippen LogP contribution in [-0.4, -0.2) is 34.7 Å². The zero-order valence-electron chi connectivity index (χ0n) is 20.7. The minimum atomic E-state index is -1.06. The van der Waals surface area contributed by atoms with Crippen LogP contribution in [0.5, 0.6) is 0 Å². The van der Waals surface area contributed by atoms with Crippen LogP contribution in [0.25, 0.3) is 5.57 Å². The largest absolute Gasteiger partial charge is 0.479 e. The molecule has 0 radical (unpaired) electrons. The lowest BCUT2D eigenvalue weighted by atomic mass is 9.84. The average molecular weight is 436 g/mol. The van der Waals surface area contributed by atoms with Crippen LogP contribution in [-0.2, 0) is 22.5 Å². The molecule has 172 valence electrons. The van der Waals surface area contributed by atoms with Gasteiger partial charge in [0.15, 0.2) is 6.10 Å². The number of hydrogen-bond acceptors (Lipinski definition) is 3. The van der Waals surface area contributed by atoms with Crippen molar-refractivity contribution in [1.82, 2.24) is 4.90 Å². The summed E-state index contributed by atoms with van der Waals surface area (Å²) in [4.78, 5) is 14.5. The van der Waals surface area contributed by atoms with E-state index in [4.69, 9.17) is 4.74 Å². The molecule has 0 spiro atoms. The third kappa shape index (κ3) is 5.24. The summed E-state index contributed by atoms with van der Waals surface area (Å²) in [5.74, 6) is -0.390. The SMILES string of the molecule is Cc1ccc(C2=C(C(OC(C)(C)C)C(=O)O)N(C)Cc3cc(CC(C)C)ccc32)cc1C. The van der Waals surface area contributed by atoms with Gasteiger partial charge in [-0.3, -0.25) is 0 Å². The molecule has 0 bridgehead atoms. The number of rotatable bonds is 6. The predicted octanol–water partition coefficient (Wildman–Crippen LogP) is 5.98. The molecule has 1 heterocycles. The molecule has 32 heavy (non-hydrogen) atoms. The van der Waals surface area contributed by atoms with E-state index in [0.717, 1.165) is 23.1 Å². The van der Waals surface area contributed by atoms with E-state index >= 15 is 0 Å². The molecule has 0 saturated heterocycles. The van der Waals surface area contributed by atoms with E-state index < -0.39 is 17.7 Å². The van der Waals surface area contributed by atoms with Crippen molar-refractivity contribution in [2.24, 2.45) is 5.92 Å². The minimum Gasteiger partial charge on any atom is -0.479 e. The summed E-state index contributed by atoms with van der Waals surface area (Å²) in [5, 5.41) is 10.2. The average Bonchev–Trinajstić information content (AvgIpc) is 2.66. The summed E-state index contributed by atoms with van der Waals surface area (Å²) in [5.41, 5.74) is 8.13. The molecule has 4 nitrogen and oxygen atoms in total. The summed E-state index contributed by atoms with van der Waals surface area (Å²) < 4.78 is 6.11. The van der Waals surface area contributed by atoms with Gasteiger partial charge in [0.25, 0.3) is 0 Å². The standard InChI is InChI=1S/C28H37NO3/c1-17(2)13-20-10-12-23-22(15-20)16-29(8)25(26(27(30)31)32-28(5,6)7)24(23)21-11-9-18(3)19(4)14-21/h9-12,14-15,17,26H,13,16H2,1-8H3,(H,30,31). The molecule has 0 aromatic heterocycles. The molecule has 1 N–H and O–H groups in total. The van der Waals surface area contributed by atoms with Gasteiger partial charge in [-0.1, -0.05) is 50.2 Å². The molecule has 0 saturated carbocycles. The second kappa shape index (κ2) is 9.11. The highest BCUT2D eigenvalue weighted by Crippen LogP contribution is 2.39. The molecule has 0 aliphatic carbocycles. The monoisotopic (exact) mass is 435 g/mol. The molecule has 1 atom stereocenters. The molecule has 1 unspecified atom stereocenters. The molecular weight excluding hydrogens is 398 g/mol. The third-order valence-corrected chi connectivity index (χ3v) is 5.90. The molecule has 0 fully saturated rings. The first-order valence-electron chi connectivity index (χ1n) is 11.4. The van der Waals surface area contributed by atoms with Crippen LogP contribution in [0.15, 0.2) is 42.1 Å². The van der Waals surface area contributed by atoms with Crippen molar-refractivity contribution in [3.8, 4) is 0 Å². The Balaban J connectivity index is 2.29. The third-order valence-electron chi connectivity index (χ3n) is 5.90. The number of fused-ring (bicyclic) bond motifs is 1. The van der Waals surface area contributed by atoms with E-state index in [1.807, 2.05) is 27.8 Å². The first-order valence-corrected chi connectivity index (χ1v) is 11.4. The van der Waals surface area contributed by atoms with E-state index in [9.17, 15) is 9.90 Å². The van der Waals surface area contributed by atoms with Crippen molar-refractivity contribution in [3.05, 3.63) is 75.5 Å². The fraction of sp³-hybridized carbons (Fsp3) is 0.464. The van der Waals surface area contributed by atoms with Gasteiger partial charge < -0.3 is 14.7 Å². The van der Waals surface area contributed by atoms with Gasteiger partial charge >= 0.3 is 5.97 Å². The Morgan fingerprint density at radius 3 is 2.34 bits per heavy atom. The van der Waals surface area contributed by atoms with Crippen molar-refractivity contribution in [2.45, 2.75) is 73.1 Å². The number of aryl methyl sites for hydroxylation is 2. The van der Waals surface area contributed by atoms with E-state index in [1.165, 1.54) is 22.3 Å². The van der Waals surface area contributed by atoms with Crippen LogP contribution in [0.2, 0.25) is 0 Å². The van der Waals surface area contributed by atoms with Gasteiger partial charge in [0.1, 0.15) is 0 Å². The number of aliphatic carboxylic acids is 1. The molecule has 2 aromatic rings. The number of benzene rings is 2. The van der Waals surface area contributed by atoms with Gasteiger partial charge in [-0.25, -0.2) is 4.79 Å². The second-order valence-corrected chi connectivity index (χ2v) is 10.5. The Bertz CT molecular complexity index is 1040. The number of carboxylic acids is 1. The Morgan fingerprint density at radius 2 is 1.78 bits per heavy atom. The van der Waals surface area contributed by atoms with Crippen LogP contribution >= 0.6 is 0 Å². The zero-order valence-corrected chi connectivity index (χ0v) is 20.7. The van der Waals surface area contributed by atoms with E-state index in [0.29, 0.717) is 18.2 Å². The number of carboxylic acid groups (broad SMARTS) is 1. The van der Waals surface area contributed by atoms with Crippen molar-refractivity contribution in [3.63, 3.8) is 0 Å². The minimum absolute atomic E-state index is 0.580. The number of ether oxygens (including phenoxy) is 1. The zero-order chi connectivity index (χ0) is 23.8. The van der Waals surface area contributed by atoms with Crippen molar-refractivity contribution in [2.75, 3.05) is 7.05 Å². The van der Waals surface area contributed by atoms with Crippen molar-refractivity contribution >= 4 is 11.5 Å². The van der Waals surface area contributed by atoms with Gasteiger partial charge in [0, 0.05) is 19.2 Å². The highest BCUT2D eigenvalue weighted by Gasteiger charge is 2.36. The number of carbonyl (C=O) groups is 1. The Labute approximate surface area is 192 Å². The summed E-state index contributed by atoms with van der Waals surface area (Å²) in [6.07, 6.45) is -0.0302. The van der Waals surface area contributed by atoms with Crippen LogP contribution < -0.4 is 0 Å². The molecule has 3 rings (SSSR count). The quantitative estimate of drug-likeness (QED) is 0.607. The first kappa shape index (κ1) is 24.1. The van der Waals surface area contributed by atoms with Crippen molar-refractivity contribution < 1.29 is 14.6 Å². The molecule has 4 heteroatoms. The Kier molecular flexibility index (Phi) is 6.85. The summed E-state index contributed by atoms with van der Waals surface area (Å²) in [6, 6.07) is 13.0. The van der Waals surface area contributed by atoms with Gasteiger partial charge in [0.2, 0.25) is 0 Å². The van der Waals surface area contributed by atoms with E-state index in [2.05, 4.69) is 69.0 Å². The summed E-state index contributed by atoms with van der Waals surface area (Å²) in [7, 11) is 1.97. The smallest absolute Gasteiger partial charge is 0.339 e. The highest BCUT2D eigenvalue weighted by atomic mass is 16.5. The number of likely N-dealkylation sites (N-methyl/N-ethyl adjacent to an activating group) is 1. The molecule has 1 aliphatic rings. The summed E-state index contributed by atoms with van der Waals surface area (Å²) >= 11 is 0. The maximum Gasteiger partial charge on any atom is 0.339 e. The normalized spacial score (nSPS) is 15.2. The molecular formula is C28H37NO3. The Hall–Kier alpha value is -2.59. The topological polar surface area (TPSA) is 49.8 Å². The van der Waals surface area contributed by atoms with E-state index in [-0.39, 0.29) is 0 Å².